The van der Waals surface area contributed by atoms with Crippen molar-refractivity contribution in [2.75, 3.05) is 0 Å². The van der Waals surface area contributed by atoms with E-state index in [0.717, 1.165) is 0 Å². The highest BCUT2D eigenvalue weighted by atomic mass is 16.4. The summed E-state index contributed by atoms with van der Waals surface area (Å²) in [5.74, 6) is -1.70. The van der Waals surface area contributed by atoms with Gasteiger partial charge in [-0.05, 0) is 29.3 Å². The van der Waals surface area contributed by atoms with E-state index in [4.69, 9.17) is 0 Å². The van der Waals surface area contributed by atoms with Gasteiger partial charge in [0.25, 0.3) is 11.5 Å². The minimum absolute atomic E-state index is 0.0542. The van der Waals surface area contributed by atoms with E-state index in [0.29, 0.717) is 16.7 Å². The number of hydrogen-bond donors (Lipinski definition) is 3. The third-order valence-corrected chi connectivity index (χ3v) is 4.51. The van der Waals surface area contributed by atoms with Crippen LogP contribution in [0.3, 0.4) is 0 Å². The van der Waals surface area contributed by atoms with Crippen LogP contribution in [0.25, 0.3) is 11.1 Å². The van der Waals surface area contributed by atoms with Gasteiger partial charge in [-0.15, -0.1) is 0 Å². The zero-order chi connectivity index (χ0) is 21.0. The summed E-state index contributed by atoms with van der Waals surface area (Å²) in [5, 5.41) is 21.4. The second-order valence-corrected chi connectivity index (χ2v) is 6.66. The number of pyridine rings is 1. The summed E-state index contributed by atoms with van der Waals surface area (Å²) in [6, 6.07) is 15.3. The number of carbonyl (C=O) groups is 2. The minimum atomic E-state index is -1.18. The fourth-order valence-corrected chi connectivity index (χ4v) is 2.97. The molecule has 7 nitrogen and oxygen atoms in total. The van der Waals surface area contributed by atoms with E-state index >= 15 is 0 Å². The Morgan fingerprint density at radius 2 is 1.72 bits per heavy atom. The number of aromatic nitrogens is 1. The summed E-state index contributed by atoms with van der Waals surface area (Å²) in [4.78, 5) is 36.8. The molecule has 0 bridgehead atoms. The zero-order valence-corrected chi connectivity index (χ0v) is 15.7. The monoisotopic (exact) mass is 392 g/mol. The Labute approximate surface area is 166 Å². The van der Waals surface area contributed by atoms with Gasteiger partial charge in [-0.3, -0.25) is 9.59 Å². The minimum Gasteiger partial charge on any atom is -0.508 e. The average molecular weight is 392 g/mol. The smallest absolute Gasteiger partial charge is 0.326 e. The van der Waals surface area contributed by atoms with Crippen molar-refractivity contribution in [3.05, 3.63) is 88.3 Å². The molecule has 148 valence electrons. The lowest BCUT2D eigenvalue weighted by molar-refractivity contribution is -0.139. The first-order valence-corrected chi connectivity index (χ1v) is 8.93. The largest absolute Gasteiger partial charge is 0.508 e. The van der Waals surface area contributed by atoms with Crippen LogP contribution < -0.4 is 10.9 Å². The summed E-state index contributed by atoms with van der Waals surface area (Å²) in [6.07, 6.45) is 1.43. The molecule has 29 heavy (non-hydrogen) atoms. The summed E-state index contributed by atoms with van der Waals surface area (Å²) in [7, 11) is 1.54. The number of aromatic hydroxyl groups is 1. The topological polar surface area (TPSA) is 109 Å². The number of rotatable bonds is 6. The second kappa shape index (κ2) is 8.43. The Morgan fingerprint density at radius 3 is 2.34 bits per heavy atom. The van der Waals surface area contributed by atoms with Crippen LogP contribution in [-0.2, 0) is 18.3 Å². The van der Waals surface area contributed by atoms with Gasteiger partial charge in [0.15, 0.2) is 0 Å². The quantitative estimate of drug-likeness (QED) is 0.596. The molecule has 1 atom stereocenters. The number of carboxylic acids is 1. The van der Waals surface area contributed by atoms with Gasteiger partial charge in [-0.2, -0.15) is 0 Å². The van der Waals surface area contributed by atoms with E-state index < -0.39 is 17.9 Å². The number of amides is 1. The van der Waals surface area contributed by atoms with E-state index in [2.05, 4.69) is 5.32 Å². The number of aryl methyl sites for hydroxylation is 1. The average Bonchev–Trinajstić information content (AvgIpc) is 2.71. The number of phenolic OH excluding ortho intramolecular Hbond substituents is 1. The molecule has 1 heterocycles. The Bertz CT molecular complexity index is 1090. The number of benzene rings is 2. The maximum Gasteiger partial charge on any atom is 0.326 e. The molecular weight excluding hydrogens is 372 g/mol. The molecular formula is C22H20N2O5. The Morgan fingerprint density at radius 1 is 1.07 bits per heavy atom. The first-order valence-electron chi connectivity index (χ1n) is 8.93. The van der Waals surface area contributed by atoms with Crippen LogP contribution >= 0.6 is 0 Å². The predicted octanol–water partition coefficient (Wildman–Crippen LogP) is 2.18. The molecule has 0 saturated carbocycles. The van der Waals surface area contributed by atoms with Crippen molar-refractivity contribution < 1.29 is 19.8 Å². The number of aliphatic carboxylic acids is 1. The highest BCUT2D eigenvalue weighted by molar-refractivity contribution is 5.97. The first-order chi connectivity index (χ1) is 13.8. The maximum absolute atomic E-state index is 12.7. The molecule has 3 rings (SSSR count). The number of hydrogen-bond acceptors (Lipinski definition) is 4. The molecule has 1 amide bonds. The Balaban J connectivity index is 1.87. The van der Waals surface area contributed by atoms with Crippen LogP contribution in [0.5, 0.6) is 5.75 Å². The highest BCUT2D eigenvalue weighted by Gasteiger charge is 2.22. The summed E-state index contributed by atoms with van der Waals surface area (Å²) in [6.45, 7) is 0. The molecule has 1 aromatic heterocycles. The van der Waals surface area contributed by atoms with Crippen LogP contribution in [0, 0.1) is 0 Å². The third kappa shape index (κ3) is 4.70. The van der Waals surface area contributed by atoms with Gasteiger partial charge in [-0.25, -0.2) is 4.79 Å². The van der Waals surface area contributed by atoms with Crippen LogP contribution in [0.15, 0.2) is 71.7 Å². The predicted molar refractivity (Wildman–Crippen MR) is 108 cm³/mol. The molecule has 7 heteroatoms. The Kier molecular flexibility index (Phi) is 5.78. The lowest BCUT2D eigenvalue weighted by atomic mass is 10.0. The van der Waals surface area contributed by atoms with Gasteiger partial charge in [0, 0.05) is 25.2 Å². The van der Waals surface area contributed by atoms with Gasteiger partial charge >= 0.3 is 5.97 Å². The van der Waals surface area contributed by atoms with E-state index in [9.17, 15) is 24.6 Å². The van der Waals surface area contributed by atoms with E-state index in [1.165, 1.54) is 36.0 Å². The molecule has 0 unspecified atom stereocenters. The van der Waals surface area contributed by atoms with Gasteiger partial charge in [-0.1, -0.05) is 42.5 Å². The summed E-state index contributed by atoms with van der Waals surface area (Å²) < 4.78 is 1.30. The van der Waals surface area contributed by atoms with Crippen LogP contribution in [0.2, 0.25) is 0 Å². The van der Waals surface area contributed by atoms with E-state index in [1.54, 1.807) is 36.4 Å². The molecule has 0 radical (unpaired) electrons. The van der Waals surface area contributed by atoms with Crippen molar-refractivity contribution in [1.29, 1.82) is 0 Å². The van der Waals surface area contributed by atoms with E-state index in [-0.39, 0.29) is 23.3 Å². The number of phenols is 1. The van der Waals surface area contributed by atoms with Crippen molar-refractivity contribution in [2.24, 2.45) is 7.05 Å². The number of carboxylic acid groups (broad SMARTS) is 1. The molecule has 3 aromatic rings. The van der Waals surface area contributed by atoms with Gasteiger partial charge in [0.1, 0.15) is 11.8 Å². The summed E-state index contributed by atoms with van der Waals surface area (Å²) in [5.41, 5.74) is 1.60. The van der Waals surface area contributed by atoms with E-state index in [1.807, 2.05) is 6.07 Å². The zero-order valence-electron chi connectivity index (χ0n) is 15.7. The summed E-state index contributed by atoms with van der Waals surface area (Å²) >= 11 is 0. The second-order valence-electron chi connectivity index (χ2n) is 6.66. The molecule has 0 fully saturated rings. The van der Waals surface area contributed by atoms with Gasteiger partial charge in [0.05, 0.1) is 5.56 Å². The number of nitrogens with one attached hydrogen (secondary N) is 1. The molecule has 0 spiro atoms. The molecule has 0 aliphatic carbocycles. The number of carbonyl (C=O) groups excluding carboxylic acids is 1. The fraction of sp³-hybridized carbons (Fsp3) is 0.136. The van der Waals surface area contributed by atoms with Crippen molar-refractivity contribution in [2.45, 2.75) is 12.5 Å². The van der Waals surface area contributed by atoms with Gasteiger partial charge < -0.3 is 20.1 Å². The molecule has 0 aliphatic heterocycles. The first kappa shape index (κ1) is 19.9. The lowest BCUT2D eigenvalue weighted by Gasteiger charge is -2.16. The van der Waals surface area contributed by atoms with Gasteiger partial charge in [0.2, 0.25) is 0 Å². The SMILES string of the molecule is Cn1cc(C(=O)N[C@@H](Cc2ccc(O)cc2)C(=O)O)cc(-c2ccccc2)c1=O. The standard InChI is InChI=1S/C22H20N2O5/c1-24-13-16(12-18(21(24)27)15-5-3-2-4-6-15)20(26)23-19(22(28)29)11-14-7-9-17(25)10-8-14/h2-10,12-13,19,25H,11H2,1H3,(H,23,26)(H,28,29)/t19-/m0/s1. The van der Waals surface area contributed by atoms with Crippen molar-refractivity contribution in [3.8, 4) is 16.9 Å². The lowest BCUT2D eigenvalue weighted by Crippen LogP contribution is -2.42. The molecule has 0 aliphatic rings. The normalized spacial score (nSPS) is 11.6. The number of nitrogens with zero attached hydrogens (tertiary/aromatic N) is 1. The van der Waals surface area contributed by atoms with Crippen molar-refractivity contribution in [1.82, 2.24) is 9.88 Å². The maximum atomic E-state index is 12.7. The van der Waals surface area contributed by atoms with Crippen LogP contribution in [0.4, 0.5) is 0 Å². The van der Waals surface area contributed by atoms with Crippen molar-refractivity contribution >= 4 is 11.9 Å². The van der Waals surface area contributed by atoms with Crippen LogP contribution in [-0.4, -0.2) is 32.7 Å². The van der Waals surface area contributed by atoms with Crippen LogP contribution in [0.1, 0.15) is 15.9 Å². The molecule has 3 N–H and O–H groups in total. The molecule has 0 saturated heterocycles. The fourth-order valence-electron chi connectivity index (χ4n) is 2.97. The Hall–Kier alpha value is -3.87. The third-order valence-electron chi connectivity index (χ3n) is 4.51. The highest BCUT2D eigenvalue weighted by Crippen LogP contribution is 2.17. The molecule has 2 aromatic carbocycles. The van der Waals surface area contributed by atoms with Crippen molar-refractivity contribution in [3.63, 3.8) is 0 Å².